The standard InChI is InChI=1S/C19H28N2O5S/c1-26-17-5-3-4-15(10-17)6-7-18(23)20-9-8-16-11-21(27(2,24)25)13-19(16,12-20)14-22/h3-5,10,16,22H,6-9,11-14H2,1-2H3. The number of methoxy groups -OCH3 is 1. The van der Waals surface area contributed by atoms with Gasteiger partial charge >= 0.3 is 0 Å². The predicted octanol–water partition coefficient (Wildman–Crippen LogP) is 0.730. The number of sulfonamides is 1. The molecule has 2 aliphatic rings. The largest absolute Gasteiger partial charge is 0.497 e. The Hall–Kier alpha value is -1.64. The van der Waals surface area contributed by atoms with Gasteiger partial charge in [0.2, 0.25) is 15.9 Å². The number of carbonyl (C=O) groups is 1. The van der Waals surface area contributed by atoms with Crippen LogP contribution in [0.15, 0.2) is 24.3 Å². The summed E-state index contributed by atoms with van der Waals surface area (Å²) in [7, 11) is -1.68. The molecule has 1 amide bonds. The first-order valence-corrected chi connectivity index (χ1v) is 11.1. The summed E-state index contributed by atoms with van der Waals surface area (Å²) in [4.78, 5) is 14.5. The molecule has 2 saturated heterocycles. The van der Waals surface area contributed by atoms with Crippen molar-refractivity contribution < 1.29 is 23.1 Å². The quantitative estimate of drug-likeness (QED) is 0.766. The van der Waals surface area contributed by atoms with Crippen molar-refractivity contribution in [2.75, 3.05) is 46.2 Å². The minimum Gasteiger partial charge on any atom is -0.497 e. The lowest BCUT2D eigenvalue weighted by Crippen LogP contribution is -2.52. The number of aliphatic hydroxyl groups is 1. The average Bonchev–Trinajstić information content (AvgIpc) is 3.06. The van der Waals surface area contributed by atoms with Crippen LogP contribution in [0.2, 0.25) is 0 Å². The molecule has 8 heteroatoms. The highest BCUT2D eigenvalue weighted by Gasteiger charge is 2.52. The molecule has 3 rings (SSSR count). The van der Waals surface area contributed by atoms with Crippen LogP contribution in [-0.2, 0) is 21.2 Å². The van der Waals surface area contributed by atoms with E-state index in [1.807, 2.05) is 24.3 Å². The third-order valence-electron chi connectivity index (χ3n) is 5.93. The SMILES string of the molecule is COc1cccc(CCC(=O)N2CCC3CN(S(C)(=O)=O)CC3(CO)C2)c1. The Kier molecular flexibility index (Phi) is 5.79. The number of ether oxygens (including phenoxy) is 1. The normalized spacial score (nSPS) is 26.0. The molecule has 0 aromatic heterocycles. The van der Waals surface area contributed by atoms with Crippen molar-refractivity contribution >= 4 is 15.9 Å². The van der Waals surface area contributed by atoms with E-state index in [-0.39, 0.29) is 25.0 Å². The lowest BCUT2D eigenvalue weighted by Gasteiger charge is -2.43. The topological polar surface area (TPSA) is 87.2 Å². The van der Waals surface area contributed by atoms with Crippen molar-refractivity contribution in [1.29, 1.82) is 0 Å². The molecule has 2 fully saturated rings. The lowest BCUT2D eigenvalue weighted by molar-refractivity contribution is -0.136. The molecule has 27 heavy (non-hydrogen) atoms. The van der Waals surface area contributed by atoms with Crippen LogP contribution in [0.5, 0.6) is 5.75 Å². The van der Waals surface area contributed by atoms with E-state index in [0.717, 1.165) is 17.7 Å². The van der Waals surface area contributed by atoms with Crippen molar-refractivity contribution in [2.45, 2.75) is 19.3 Å². The van der Waals surface area contributed by atoms with Gasteiger partial charge in [-0.2, -0.15) is 0 Å². The van der Waals surface area contributed by atoms with Crippen LogP contribution >= 0.6 is 0 Å². The van der Waals surface area contributed by atoms with Gasteiger partial charge in [0.15, 0.2) is 0 Å². The third kappa shape index (κ3) is 4.28. The van der Waals surface area contributed by atoms with Gasteiger partial charge in [-0.15, -0.1) is 0 Å². The molecule has 0 bridgehead atoms. The molecule has 2 atom stereocenters. The highest BCUT2D eigenvalue weighted by molar-refractivity contribution is 7.88. The van der Waals surface area contributed by atoms with Crippen molar-refractivity contribution in [2.24, 2.45) is 11.3 Å². The molecule has 0 radical (unpaired) electrons. The van der Waals surface area contributed by atoms with Gasteiger partial charge in [0.05, 0.1) is 20.0 Å². The molecule has 1 aromatic rings. The monoisotopic (exact) mass is 396 g/mol. The number of rotatable bonds is 6. The number of hydrogen-bond acceptors (Lipinski definition) is 5. The van der Waals surface area contributed by atoms with Crippen LogP contribution in [0, 0.1) is 11.3 Å². The Balaban J connectivity index is 1.64. The van der Waals surface area contributed by atoms with Crippen LogP contribution in [-0.4, -0.2) is 74.8 Å². The second-order valence-electron chi connectivity index (χ2n) is 7.73. The first kappa shape index (κ1) is 20.1. The fourth-order valence-electron chi connectivity index (χ4n) is 4.26. The molecule has 0 saturated carbocycles. The van der Waals surface area contributed by atoms with E-state index in [9.17, 15) is 18.3 Å². The summed E-state index contributed by atoms with van der Waals surface area (Å²) in [6.45, 7) is 1.64. The smallest absolute Gasteiger partial charge is 0.222 e. The Morgan fingerprint density at radius 3 is 2.81 bits per heavy atom. The van der Waals surface area contributed by atoms with E-state index in [1.54, 1.807) is 12.0 Å². The fraction of sp³-hybridized carbons (Fsp3) is 0.632. The first-order chi connectivity index (χ1) is 12.8. The number of likely N-dealkylation sites (tertiary alicyclic amines) is 1. The molecular weight excluding hydrogens is 368 g/mol. The minimum atomic E-state index is -3.29. The van der Waals surface area contributed by atoms with Crippen LogP contribution < -0.4 is 4.74 Å². The number of amides is 1. The Labute approximate surface area is 161 Å². The molecule has 2 unspecified atom stereocenters. The summed E-state index contributed by atoms with van der Waals surface area (Å²) >= 11 is 0. The third-order valence-corrected chi connectivity index (χ3v) is 7.15. The summed E-state index contributed by atoms with van der Waals surface area (Å²) < 4.78 is 30.5. The van der Waals surface area contributed by atoms with Crippen molar-refractivity contribution in [3.8, 4) is 5.75 Å². The molecule has 0 aliphatic carbocycles. The lowest BCUT2D eigenvalue weighted by atomic mass is 9.74. The highest BCUT2D eigenvalue weighted by atomic mass is 32.2. The van der Waals surface area contributed by atoms with Gasteiger partial charge in [-0.25, -0.2) is 12.7 Å². The van der Waals surface area contributed by atoms with Crippen molar-refractivity contribution in [1.82, 2.24) is 9.21 Å². The molecule has 2 heterocycles. The summed E-state index contributed by atoms with van der Waals surface area (Å²) in [5.41, 5.74) is 0.492. The van der Waals surface area contributed by atoms with E-state index in [1.165, 1.54) is 10.6 Å². The summed E-state index contributed by atoms with van der Waals surface area (Å²) in [5, 5.41) is 10.0. The van der Waals surface area contributed by atoms with E-state index >= 15 is 0 Å². The number of aliphatic hydroxyl groups excluding tert-OH is 1. The van der Waals surface area contributed by atoms with Gasteiger partial charge in [0.1, 0.15) is 5.75 Å². The minimum absolute atomic E-state index is 0.0434. The van der Waals surface area contributed by atoms with Crippen molar-refractivity contribution in [3.63, 3.8) is 0 Å². The van der Waals surface area contributed by atoms with Gasteiger partial charge < -0.3 is 14.7 Å². The number of nitrogens with zero attached hydrogens (tertiary/aromatic N) is 2. The zero-order chi connectivity index (χ0) is 19.7. The van der Waals surface area contributed by atoms with Gasteiger partial charge in [0, 0.05) is 38.0 Å². The number of carbonyl (C=O) groups excluding carboxylic acids is 1. The average molecular weight is 397 g/mol. The number of fused-ring (bicyclic) bond motifs is 1. The Bertz CT molecular complexity index is 797. The maximum atomic E-state index is 12.7. The predicted molar refractivity (Wildman–Crippen MR) is 102 cm³/mol. The van der Waals surface area contributed by atoms with Gasteiger partial charge in [-0.1, -0.05) is 12.1 Å². The summed E-state index contributed by atoms with van der Waals surface area (Å²) in [5.74, 6) is 0.911. The molecule has 7 nitrogen and oxygen atoms in total. The molecule has 0 spiro atoms. The van der Waals surface area contributed by atoms with Gasteiger partial charge in [-0.05, 0) is 36.5 Å². The zero-order valence-corrected chi connectivity index (χ0v) is 16.7. The molecule has 1 N–H and O–H groups in total. The first-order valence-electron chi connectivity index (χ1n) is 9.24. The second-order valence-corrected chi connectivity index (χ2v) is 9.71. The van der Waals surface area contributed by atoms with Crippen LogP contribution in [0.1, 0.15) is 18.4 Å². The molecule has 2 aliphatic heterocycles. The van der Waals surface area contributed by atoms with Crippen LogP contribution in [0.4, 0.5) is 0 Å². The van der Waals surface area contributed by atoms with Gasteiger partial charge in [-0.3, -0.25) is 4.79 Å². The Morgan fingerprint density at radius 2 is 2.15 bits per heavy atom. The van der Waals surface area contributed by atoms with Crippen LogP contribution in [0.25, 0.3) is 0 Å². The van der Waals surface area contributed by atoms with Gasteiger partial charge in [0.25, 0.3) is 0 Å². The van der Waals surface area contributed by atoms with Crippen LogP contribution in [0.3, 0.4) is 0 Å². The summed E-state index contributed by atoms with van der Waals surface area (Å²) in [6.07, 6.45) is 2.93. The van der Waals surface area contributed by atoms with E-state index in [0.29, 0.717) is 32.5 Å². The van der Waals surface area contributed by atoms with E-state index in [4.69, 9.17) is 4.74 Å². The maximum Gasteiger partial charge on any atom is 0.222 e. The second kappa shape index (κ2) is 7.77. The molecular formula is C19H28N2O5S. The Morgan fingerprint density at radius 1 is 1.37 bits per heavy atom. The highest BCUT2D eigenvalue weighted by Crippen LogP contribution is 2.42. The number of piperidine rings is 1. The van der Waals surface area contributed by atoms with Crippen molar-refractivity contribution in [3.05, 3.63) is 29.8 Å². The van der Waals surface area contributed by atoms with E-state index < -0.39 is 15.4 Å². The maximum absolute atomic E-state index is 12.7. The number of aryl methyl sites for hydroxylation is 1. The fourth-order valence-corrected chi connectivity index (χ4v) is 5.21. The zero-order valence-electron chi connectivity index (χ0n) is 15.9. The summed E-state index contributed by atoms with van der Waals surface area (Å²) in [6, 6.07) is 7.67. The number of benzene rings is 1. The van der Waals surface area contributed by atoms with E-state index in [2.05, 4.69) is 0 Å². The number of hydrogen-bond donors (Lipinski definition) is 1. The molecule has 1 aromatic carbocycles. The molecule has 150 valence electrons.